The topological polar surface area (TPSA) is 55.1 Å². The first-order chi connectivity index (χ1) is 9.65. The number of nitrogens with two attached hydrogens (primary N) is 1. The normalized spacial score (nSPS) is 17.6. The Kier molecular flexibility index (Phi) is 3.81. The number of carbonyl (C=O) groups excluding carboxylic acids is 1. The second-order valence-electron chi connectivity index (χ2n) is 4.97. The van der Waals surface area contributed by atoms with Gasteiger partial charge in [-0.25, -0.2) is 0 Å². The Morgan fingerprint density at radius 2 is 2.25 bits per heavy atom. The van der Waals surface area contributed by atoms with E-state index in [4.69, 9.17) is 5.73 Å². The molecule has 0 saturated carbocycles. The first kappa shape index (κ1) is 13.6. The Morgan fingerprint density at radius 1 is 1.40 bits per heavy atom. The zero-order valence-electron chi connectivity index (χ0n) is 10.9. The zero-order chi connectivity index (χ0) is 14.1. The second kappa shape index (κ2) is 5.58. The molecule has 1 atom stereocenters. The van der Waals surface area contributed by atoms with Crippen LogP contribution in [-0.4, -0.2) is 5.91 Å². The van der Waals surface area contributed by atoms with Crippen LogP contribution >= 0.6 is 27.3 Å². The number of aryl methyl sites for hydroxylation is 1. The standard InChI is InChI=1S/C15H15BrN2OS/c16-12-8-9(17)4-5-13(12)18-15(19)11-2-1-3-14-10(11)6-7-20-14/h4-8,11H,1-3,17H2,(H,18,19). The van der Waals surface area contributed by atoms with Gasteiger partial charge in [0.05, 0.1) is 11.6 Å². The number of rotatable bonds is 2. The van der Waals surface area contributed by atoms with Crippen LogP contribution < -0.4 is 11.1 Å². The largest absolute Gasteiger partial charge is 0.399 e. The van der Waals surface area contributed by atoms with E-state index in [1.54, 1.807) is 23.5 Å². The lowest BCUT2D eigenvalue weighted by Gasteiger charge is -2.22. The van der Waals surface area contributed by atoms with E-state index in [-0.39, 0.29) is 11.8 Å². The highest BCUT2D eigenvalue weighted by atomic mass is 79.9. The summed E-state index contributed by atoms with van der Waals surface area (Å²) in [5, 5.41) is 5.08. The molecule has 1 aromatic heterocycles. The van der Waals surface area contributed by atoms with Gasteiger partial charge in [-0.05, 0) is 70.4 Å². The monoisotopic (exact) mass is 350 g/mol. The Morgan fingerprint density at radius 3 is 3.05 bits per heavy atom. The van der Waals surface area contributed by atoms with Gasteiger partial charge in [0, 0.05) is 15.0 Å². The lowest BCUT2D eigenvalue weighted by molar-refractivity contribution is -0.117. The predicted octanol–water partition coefficient (Wildman–Crippen LogP) is 4.15. The highest BCUT2D eigenvalue weighted by Gasteiger charge is 2.27. The summed E-state index contributed by atoms with van der Waals surface area (Å²) in [5.74, 6) is 0.0317. The molecular weight excluding hydrogens is 336 g/mol. The molecule has 0 spiro atoms. The van der Waals surface area contributed by atoms with E-state index in [1.165, 1.54) is 10.4 Å². The minimum Gasteiger partial charge on any atom is -0.399 e. The molecule has 0 aliphatic heterocycles. The molecule has 0 radical (unpaired) electrons. The van der Waals surface area contributed by atoms with E-state index >= 15 is 0 Å². The fraction of sp³-hybridized carbons (Fsp3) is 0.267. The second-order valence-corrected chi connectivity index (χ2v) is 6.83. The molecule has 2 aromatic rings. The van der Waals surface area contributed by atoms with Crippen molar-refractivity contribution in [2.24, 2.45) is 0 Å². The minimum absolute atomic E-state index is 0.0329. The van der Waals surface area contributed by atoms with Crippen molar-refractivity contribution in [2.75, 3.05) is 11.1 Å². The van der Waals surface area contributed by atoms with Crippen LogP contribution in [0.4, 0.5) is 11.4 Å². The number of benzene rings is 1. The van der Waals surface area contributed by atoms with E-state index in [2.05, 4.69) is 32.7 Å². The van der Waals surface area contributed by atoms with Gasteiger partial charge in [0.2, 0.25) is 5.91 Å². The van der Waals surface area contributed by atoms with E-state index in [1.807, 2.05) is 6.07 Å². The number of nitrogen functional groups attached to an aromatic ring is 1. The van der Waals surface area contributed by atoms with Gasteiger partial charge in [-0.1, -0.05) is 0 Å². The highest BCUT2D eigenvalue weighted by Crippen LogP contribution is 2.36. The van der Waals surface area contributed by atoms with E-state index in [0.717, 1.165) is 29.4 Å². The van der Waals surface area contributed by atoms with Crippen molar-refractivity contribution in [2.45, 2.75) is 25.2 Å². The molecule has 20 heavy (non-hydrogen) atoms. The van der Waals surface area contributed by atoms with Gasteiger partial charge in [-0.2, -0.15) is 0 Å². The number of anilines is 2. The van der Waals surface area contributed by atoms with Gasteiger partial charge in [0.15, 0.2) is 0 Å². The van der Waals surface area contributed by atoms with Gasteiger partial charge in [0.25, 0.3) is 0 Å². The van der Waals surface area contributed by atoms with Crippen LogP contribution in [0.5, 0.6) is 0 Å². The summed E-state index contributed by atoms with van der Waals surface area (Å²) in [6.45, 7) is 0. The average Bonchev–Trinajstić information content (AvgIpc) is 2.90. The van der Waals surface area contributed by atoms with E-state index < -0.39 is 0 Å². The lowest BCUT2D eigenvalue weighted by atomic mass is 9.87. The summed E-state index contributed by atoms with van der Waals surface area (Å²) in [4.78, 5) is 13.9. The molecule has 0 saturated heterocycles. The van der Waals surface area contributed by atoms with Crippen LogP contribution in [0.15, 0.2) is 34.1 Å². The third kappa shape index (κ3) is 2.60. The number of halogens is 1. The SMILES string of the molecule is Nc1ccc(NC(=O)C2CCCc3sccc32)c(Br)c1. The first-order valence-corrected chi connectivity index (χ1v) is 8.24. The first-order valence-electron chi connectivity index (χ1n) is 6.57. The van der Waals surface area contributed by atoms with Gasteiger partial charge >= 0.3 is 0 Å². The Labute approximate surface area is 130 Å². The molecule has 1 aliphatic rings. The molecule has 3 N–H and O–H groups in total. The van der Waals surface area contributed by atoms with Crippen molar-refractivity contribution in [1.82, 2.24) is 0 Å². The van der Waals surface area contributed by atoms with Crippen LogP contribution in [-0.2, 0) is 11.2 Å². The van der Waals surface area contributed by atoms with Crippen LogP contribution in [0.3, 0.4) is 0 Å². The highest BCUT2D eigenvalue weighted by molar-refractivity contribution is 9.10. The summed E-state index contributed by atoms with van der Waals surface area (Å²) < 4.78 is 0.812. The van der Waals surface area contributed by atoms with E-state index in [9.17, 15) is 4.79 Å². The number of thiophene rings is 1. The number of amides is 1. The molecule has 1 aromatic carbocycles. The van der Waals surface area contributed by atoms with Crippen molar-refractivity contribution < 1.29 is 4.79 Å². The number of hydrogen-bond donors (Lipinski definition) is 2. The van der Waals surface area contributed by atoms with Crippen molar-refractivity contribution in [1.29, 1.82) is 0 Å². The zero-order valence-corrected chi connectivity index (χ0v) is 13.3. The fourth-order valence-electron chi connectivity index (χ4n) is 2.61. The number of carbonyl (C=O) groups is 1. The van der Waals surface area contributed by atoms with E-state index in [0.29, 0.717) is 5.69 Å². The van der Waals surface area contributed by atoms with Gasteiger partial charge < -0.3 is 11.1 Å². The van der Waals surface area contributed by atoms with Crippen molar-refractivity contribution in [3.63, 3.8) is 0 Å². The Balaban J connectivity index is 1.81. The van der Waals surface area contributed by atoms with Crippen LogP contribution in [0.1, 0.15) is 29.2 Å². The molecule has 1 aliphatic carbocycles. The molecule has 3 rings (SSSR count). The summed E-state index contributed by atoms with van der Waals surface area (Å²) in [6.07, 6.45) is 3.10. The smallest absolute Gasteiger partial charge is 0.231 e. The molecule has 0 fully saturated rings. The average molecular weight is 351 g/mol. The summed E-state index contributed by atoms with van der Waals surface area (Å²) >= 11 is 5.18. The summed E-state index contributed by atoms with van der Waals surface area (Å²) in [7, 11) is 0. The maximum absolute atomic E-state index is 12.5. The Hall–Kier alpha value is -1.33. The van der Waals surface area contributed by atoms with Crippen LogP contribution in [0, 0.1) is 0 Å². The predicted molar refractivity (Wildman–Crippen MR) is 87.2 cm³/mol. The molecule has 1 heterocycles. The number of nitrogens with one attached hydrogen (secondary N) is 1. The van der Waals surface area contributed by atoms with Gasteiger partial charge in [-0.3, -0.25) is 4.79 Å². The quantitative estimate of drug-likeness (QED) is 0.799. The van der Waals surface area contributed by atoms with Crippen molar-refractivity contribution in [3.8, 4) is 0 Å². The number of hydrogen-bond acceptors (Lipinski definition) is 3. The van der Waals surface area contributed by atoms with Crippen molar-refractivity contribution >= 4 is 44.5 Å². The number of fused-ring (bicyclic) bond motifs is 1. The fourth-order valence-corrected chi connectivity index (χ4v) is 4.09. The maximum atomic E-state index is 12.5. The maximum Gasteiger partial charge on any atom is 0.231 e. The molecule has 1 unspecified atom stereocenters. The molecular formula is C15H15BrN2OS. The molecule has 3 nitrogen and oxygen atoms in total. The molecule has 5 heteroatoms. The summed E-state index contributed by atoms with van der Waals surface area (Å²) in [5.41, 5.74) is 8.35. The summed E-state index contributed by atoms with van der Waals surface area (Å²) in [6, 6.07) is 7.50. The molecule has 1 amide bonds. The van der Waals surface area contributed by atoms with Crippen LogP contribution in [0.25, 0.3) is 0 Å². The minimum atomic E-state index is -0.0329. The Bertz CT molecular complexity index is 653. The molecule has 0 bridgehead atoms. The van der Waals surface area contributed by atoms with Gasteiger partial charge in [0.1, 0.15) is 0 Å². The lowest BCUT2D eigenvalue weighted by Crippen LogP contribution is -2.24. The molecule has 104 valence electrons. The third-order valence-electron chi connectivity index (χ3n) is 3.62. The third-order valence-corrected chi connectivity index (χ3v) is 5.27. The van der Waals surface area contributed by atoms with Crippen molar-refractivity contribution in [3.05, 3.63) is 44.6 Å². The van der Waals surface area contributed by atoms with Gasteiger partial charge in [-0.15, -0.1) is 11.3 Å². The van der Waals surface area contributed by atoms with Crippen LogP contribution in [0.2, 0.25) is 0 Å².